The first kappa shape index (κ1) is 25.5. The Bertz CT molecular complexity index is 519. The Hall–Kier alpha value is -1.51. The number of alkyl halides is 3. The van der Waals surface area contributed by atoms with Gasteiger partial charge in [-0.05, 0) is 47.0 Å². The lowest BCUT2D eigenvalue weighted by atomic mass is 10.1. The maximum Gasteiger partial charge on any atom is 0.401 e. The molecule has 1 unspecified atom stereocenters. The van der Waals surface area contributed by atoms with Gasteiger partial charge in [0, 0.05) is 38.6 Å². The van der Waals surface area contributed by atoms with Crippen LogP contribution in [0.25, 0.3) is 0 Å². The zero-order valence-electron chi connectivity index (χ0n) is 18.2. The number of ether oxygens (including phenoxy) is 1. The van der Waals surface area contributed by atoms with Crippen molar-refractivity contribution in [3.8, 4) is 0 Å². The minimum absolute atomic E-state index is 0.0241. The molecule has 0 bridgehead atoms. The highest BCUT2D eigenvalue weighted by Crippen LogP contribution is 2.20. The Balaban J connectivity index is 2.23. The Morgan fingerprint density at radius 2 is 1.86 bits per heavy atom. The van der Waals surface area contributed by atoms with Crippen molar-refractivity contribution in [2.45, 2.75) is 84.0 Å². The molecule has 0 saturated carbocycles. The molecule has 2 N–H and O–H groups in total. The summed E-state index contributed by atoms with van der Waals surface area (Å²) < 4.78 is 42.8. The van der Waals surface area contributed by atoms with E-state index < -0.39 is 18.3 Å². The highest BCUT2D eigenvalue weighted by Gasteiger charge is 2.34. The molecular formula is C20H37F3N4O2. The van der Waals surface area contributed by atoms with Gasteiger partial charge in [0.15, 0.2) is 5.96 Å². The highest BCUT2D eigenvalue weighted by molar-refractivity contribution is 5.80. The average Bonchev–Trinajstić information content (AvgIpc) is 2.97. The van der Waals surface area contributed by atoms with Crippen LogP contribution in [0.3, 0.4) is 0 Å². The number of nitrogens with one attached hydrogen (secondary N) is 2. The van der Waals surface area contributed by atoms with Gasteiger partial charge >= 0.3 is 12.1 Å². The molecule has 1 saturated heterocycles. The van der Waals surface area contributed by atoms with Gasteiger partial charge in [0.05, 0.1) is 6.54 Å². The first-order chi connectivity index (χ1) is 13.5. The number of likely N-dealkylation sites (tertiary alicyclic amines) is 1. The third-order valence-corrected chi connectivity index (χ3v) is 4.34. The zero-order valence-corrected chi connectivity index (χ0v) is 18.2. The van der Waals surface area contributed by atoms with E-state index in [-0.39, 0.29) is 12.0 Å². The summed E-state index contributed by atoms with van der Waals surface area (Å²) in [5.74, 6) is 0.491. The van der Waals surface area contributed by atoms with Crippen molar-refractivity contribution in [1.29, 1.82) is 0 Å². The average molecular weight is 423 g/mol. The summed E-state index contributed by atoms with van der Waals surface area (Å²) in [6.45, 7) is 8.82. The van der Waals surface area contributed by atoms with Gasteiger partial charge < -0.3 is 15.4 Å². The fourth-order valence-electron chi connectivity index (χ4n) is 3.18. The van der Waals surface area contributed by atoms with Crippen LogP contribution in [0.4, 0.5) is 13.2 Å². The van der Waals surface area contributed by atoms with Gasteiger partial charge in [0.25, 0.3) is 0 Å². The van der Waals surface area contributed by atoms with Gasteiger partial charge in [-0.25, -0.2) is 0 Å². The van der Waals surface area contributed by atoms with Crippen molar-refractivity contribution >= 4 is 11.9 Å². The van der Waals surface area contributed by atoms with Gasteiger partial charge in [0.2, 0.25) is 0 Å². The Morgan fingerprint density at radius 3 is 2.48 bits per heavy atom. The standard InChI is InChI=1S/C20H37F3N4O2/c1-5-24-18(26-16-11-13-27(14-16)15-20(21,22)23)25-12-9-7-6-8-10-17(28)29-19(2,3)4/h16H,5-15H2,1-4H3,(H2,24,25,26). The third kappa shape index (κ3) is 13.4. The molecule has 0 aromatic heterocycles. The molecule has 9 heteroatoms. The van der Waals surface area contributed by atoms with Crippen molar-refractivity contribution in [3.05, 3.63) is 0 Å². The van der Waals surface area contributed by atoms with Crippen LogP contribution < -0.4 is 10.6 Å². The van der Waals surface area contributed by atoms with Gasteiger partial charge in [-0.1, -0.05) is 12.8 Å². The van der Waals surface area contributed by atoms with Crippen LogP contribution >= 0.6 is 0 Å². The lowest BCUT2D eigenvalue weighted by Gasteiger charge is -2.19. The molecule has 0 aromatic rings. The van der Waals surface area contributed by atoms with Crippen LogP contribution in [0.15, 0.2) is 4.99 Å². The molecule has 29 heavy (non-hydrogen) atoms. The van der Waals surface area contributed by atoms with Crippen LogP contribution in [-0.2, 0) is 9.53 Å². The third-order valence-electron chi connectivity index (χ3n) is 4.34. The molecular weight excluding hydrogens is 385 g/mol. The maximum atomic E-state index is 12.5. The molecule has 0 radical (unpaired) electrons. The van der Waals surface area contributed by atoms with E-state index in [2.05, 4.69) is 15.6 Å². The summed E-state index contributed by atoms with van der Waals surface area (Å²) in [5, 5.41) is 6.39. The van der Waals surface area contributed by atoms with Crippen LogP contribution in [0.2, 0.25) is 0 Å². The number of carbonyl (C=O) groups is 1. The number of esters is 1. The van der Waals surface area contributed by atoms with E-state index >= 15 is 0 Å². The van der Waals surface area contributed by atoms with Crippen molar-refractivity contribution in [2.24, 2.45) is 4.99 Å². The lowest BCUT2D eigenvalue weighted by molar-refractivity contribution is -0.155. The molecule has 170 valence electrons. The number of unbranched alkanes of at least 4 members (excludes halogenated alkanes) is 3. The van der Waals surface area contributed by atoms with Gasteiger partial charge in [-0.2, -0.15) is 13.2 Å². The topological polar surface area (TPSA) is 66.0 Å². The molecule has 0 spiro atoms. The van der Waals surface area contributed by atoms with Crippen molar-refractivity contribution in [3.63, 3.8) is 0 Å². The second kappa shape index (κ2) is 12.2. The first-order valence-electron chi connectivity index (χ1n) is 10.5. The highest BCUT2D eigenvalue weighted by atomic mass is 19.4. The predicted molar refractivity (Wildman–Crippen MR) is 109 cm³/mol. The molecule has 0 amide bonds. The minimum atomic E-state index is -4.16. The SMILES string of the molecule is CCNC(=NCCCCCCC(=O)OC(C)(C)C)NC1CCN(CC(F)(F)F)C1. The largest absolute Gasteiger partial charge is 0.460 e. The summed E-state index contributed by atoms with van der Waals surface area (Å²) in [6.07, 6.45) is 0.551. The van der Waals surface area contributed by atoms with Gasteiger partial charge in [-0.3, -0.25) is 14.7 Å². The Kier molecular flexibility index (Phi) is 10.8. The van der Waals surface area contributed by atoms with Crippen molar-refractivity contribution < 1.29 is 22.7 Å². The Morgan fingerprint density at radius 1 is 1.17 bits per heavy atom. The van der Waals surface area contributed by atoms with E-state index in [0.717, 1.165) is 25.7 Å². The molecule has 1 fully saturated rings. The van der Waals surface area contributed by atoms with Crippen LogP contribution in [0, 0.1) is 0 Å². The summed E-state index contributed by atoms with van der Waals surface area (Å²) in [7, 11) is 0. The molecule has 1 aliphatic rings. The van der Waals surface area contributed by atoms with Gasteiger partial charge in [0.1, 0.15) is 5.60 Å². The smallest absolute Gasteiger partial charge is 0.401 e. The zero-order chi connectivity index (χ0) is 21.9. The summed E-state index contributed by atoms with van der Waals surface area (Å²) >= 11 is 0. The van der Waals surface area contributed by atoms with Crippen LogP contribution in [0.1, 0.15) is 66.2 Å². The molecule has 1 atom stereocenters. The second-order valence-electron chi connectivity index (χ2n) is 8.49. The molecule has 0 aliphatic carbocycles. The molecule has 0 aromatic carbocycles. The van der Waals surface area contributed by atoms with E-state index in [1.165, 1.54) is 4.90 Å². The fourth-order valence-corrected chi connectivity index (χ4v) is 3.18. The summed E-state index contributed by atoms with van der Waals surface area (Å²) in [6, 6.07) is -0.0241. The van der Waals surface area contributed by atoms with E-state index in [1.807, 2.05) is 27.7 Å². The molecule has 1 heterocycles. The number of guanidine groups is 1. The van der Waals surface area contributed by atoms with E-state index in [1.54, 1.807) is 0 Å². The van der Waals surface area contributed by atoms with E-state index in [0.29, 0.717) is 45.0 Å². The van der Waals surface area contributed by atoms with E-state index in [4.69, 9.17) is 4.74 Å². The maximum absolute atomic E-state index is 12.5. The Labute approximate surface area is 172 Å². The number of hydrogen-bond acceptors (Lipinski definition) is 4. The fraction of sp³-hybridized carbons (Fsp3) is 0.900. The summed E-state index contributed by atoms with van der Waals surface area (Å²) in [5.41, 5.74) is -0.440. The van der Waals surface area contributed by atoms with Gasteiger partial charge in [-0.15, -0.1) is 0 Å². The van der Waals surface area contributed by atoms with E-state index in [9.17, 15) is 18.0 Å². The number of rotatable bonds is 10. The predicted octanol–water partition coefficient (Wildman–Crippen LogP) is 3.47. The number of nitrogens with zero attached hydrogens (tertiary/aromatic N) is 2. The number of aliphatic imine (C=N–C) groups is 1. The van der Waals surface area contributed by atoms with Crippen LogP contribution in [-0.4, -0.2) is 67.4 Å². The molecule has 6 nitrogen and oxygen atoms in total. The second-order valence-corrected chi connectivity index (χ2v) is 8.49. The first-order valence-corrected chi connectivity index (χ1v) is 10.5. The normalized spacial score (nSPS) is 18.7. The van der Waals surface area contributed by atoms with Crippen molar-refractivity contribution in [1.82, 2.24) is 15.5 Å². The summed E-state index contributed by atoms with van der Waals surface area (Å²) in [4.78, 5) is 17.6. The quantitative estimate of drug-likeness (QED) is 0.244. The van der Waals surface area contributed by atoms with Crippen molar-refractivity contribution in [2.75, 3.05) is 32.7 Å². The number of hydrogen-bond donors (Lipinski definition) is 2. The monoisotopic (exact) mass is 422 g/mol. The minimum Gasteiger partial charge on any atom is -0.460 e. The number of carbonyl (C=O) groups excluding carboxylic acids is 1. The molecule has 1 aliphatic heterocycles. The molecule has 1 rings (SSSR count). The number of halogens is 3. The lowest BCUT2D eigenvalue weighted by Crippen LogP contribution is -2.45. The van der Waals surface area contributed by atoms with Crippen LogP contribution in [0.5, 0.6) is 0 Å².